The number of rotatable bonds is 1. The summed E-state index contributed by atoms with van der Waals surface area (Å²) in [5, 5.41) is -0.436. The third-order valence-electron chi connectivity index (χ3n) is 2.58. The van der Waals surface area contributed by atoms with E-state index in [1.54, 1.807) is 16.7 Å². The van der Waals surface area contributed by atoms with Gasteiger partial charge in [0, 0.05) is 4.75 Å². The Morgan fingerprint density at radius 2 is 2.23 bits per heavy atom. The molecule has 0 bridgehead atoms. The van der Waals surface area contributed by atoms with Crippen LogP contribution in [0.1, 0.15) is 13.8 Å². The van der Waals surface area contributed by atoms with E-state index in [1.165, 1.54) is 0 Å². The fourth-order valence-electron chi connectivity index (χ4n) is 1.81. The number of alkyl halides is 1. The van der Waals surface area contributed by atoms with Crippen LogP contribution >= 0.6 is 23.4 Å². The Balaban J connectivity index is 2.29. The molecule has 0 unspecified atom stereocenters. The first kappa shape index (κ1) is 9.34. The van der Waals surface area contributed by atoms with Crippen LogP contribution in [0.2, 0.25) is 0 Å². The molecule has 5 heteroatoms. The third-order valence-corrected chi connectivity index (χ3v) is 4.74. The molecule has 2 aliphatic rings. The lowest BCUT2D eigenvalue weighted by molar-refractivity contribution is -0.145. The van der Waals surface area contributed by atoms with Crippen molar-refractivity contribution < 1.29 is 9.59 Å². The summed E-state index contributed by atoms with van der Waals surface area (Å²) in [5.41, 5.74) is 0. The zero-order valence-corrected chi connectivity index (χ0v) is 8.93. The van der Waals surface area contributed by atoms with Gasteiger partial charge in [-0.1, -0.05) is 0 Å². The number of halogens is 1. The maximum absolute atomic E-state index is 11.3. The number of carbonyl (C=O) groups excluding carboxylic acids is 2. The third kappa shape index (κ3) is 1.05. The number of carbonyl (C=O) groups is 2. The SMILES string of the molecule is CC1(C)S[C@@H]2[C@@H](Cl)C(=O)N2[C@H]1C=O. The Labute approximate surface area is 85.8 Å². The summed E-state index contributed by atoms with van der Waals surface area (Å²) in [7, 11) is 0. The molecule has 1 amide bonds. The average molecular weight is 220 g/mol. The molecule has 2 rings (SSSR count). The summed E-state index contributed by atoms with van der Waals surface area (Å²) >= 11 is 7.43. The van der Waals surface area contributed by atoms with Gasteiger partial charge >= 0.3 is 0 Å². The van der Waals surface area contributed by atoms with Gasteiger partial charge in [0.1, 0.15) is 23.1 Å². The number of β-lactam (4-membered cyclic amide) rings is 1. The highest BCUT2D eigenvalue weighted by atomic mass is 35.5. The van der Waals surface area contributed by atoms with E-state index < -0.39 is 5.38 Å². The lowest BCUT2D eigenvalue weighted by atomic mass is 9.99. The van der Waals surface area contributed by atoms with E-state index in [9.17, 15) is 9.59 Å². The van der Waals surface area contributed by atoms with Gasteiger partial charge in [-0.25, -0.2) is 0 Å². The minimum atomic E-state index is -0.436. The molecule has 0 saturated carbocycles. The number of hydrogen-bond donors (Lipinski definition) is 0. The topological polar surface area (TPSA) is 37.4 Å². The predicted octanol–water partition coefficient (Wildman–Crippen LogP) is 0.855. The van der Waals surface area contributed by atoms with E-state index in [4.69, 9.17) is 11.6 Å². The largest absolute Gasteiger partial charge is 0.316 e. The first-order valence-electron chi connectivity index (χ1n) is 4.08. The Hall–Kier alpha value is -0.220. The van der Waals surface area contributed by atoms with Gasteiger partial charge in [0.2, 0.25) is 5.91 Å². The first-order valence-corrected chi connectivity index (χ1v) is 5.40. The fourth-order valence-corrected chi connectivity index (χ4v) is 3.71. The van der Waals surface area contributed by atoms with Crippen LogP contribution in [-0.4, -0.2) is 38.6 Å². The molecule has 13 heavy (non-hydrogen) atoms. The number of nitrogens with zero attached hydrogens (tertiary/aromatic N) is 1. The maximum atomic E-state index is 11.3. The molecule has 72 valence electrons. The molecule has 2 heterocycles. The Kier molecular flexibility index (Phi) is 1.90. The predicted molar refractivity (Wildman–Crippen MR) is 51.8 cm³/mol. The molecule has 3 atom stereocenters. The molecule has 2 aliphatic heterocycles. The van der Waals surface area contributed by atoms with Crippen molar-refractivity contribution in [2.45, 2.75) is 35.4 Å². The second kappa shape index (κ2) is 2.64. The molecule has 0 aliphatic carbocycles. The number of fused-ring (bicyclic) bond motifs is 1. The highest BCUT2D eigenvalue weighted by molar-refractivity contribution is 8.01. The van der Waals surface area contributed by atoms with Gasteiger partial charge in [0.05, 0.1) is 0 Å². The van der Waals surface area contributed by atoms with Crippen molar-refractivity contribution in [2.24, 2.45) is 0 Å². The summed E-state index contributed by atoms with van der Waals surface area (Å²) in [5.74, 6) is -0.109. The number of hydrogen-bond acceptors (Lipinski definition) is 3. The molecule has 0 spiro atoms. The van der Waals surface area contributed by atoms with Gasteiger partial charge in [0.15, 0.2) is 0 Å². The van der Waals surface area contributed by atoms with Gasteiger partial charge in [-0.2, -0.15) is 0 Å². The number of thioether (sulfide) groups is 1. The van der Waals surface area contributed by atoms with Crippen LogP contribution in [0.15, 0.2) is 0 Å². The van der Waals surface area contributed by atoms with Crippen molar-refractivity contribution in [3.05, 3.63) is 0 Å². The molecule has 0 aromatic carbocycles. The van der Waals surface area contributed by atoms with E-state index in [1.807, 2.05) is 13.8 Å². The standard InChI is InChI=1S/C8H10ClNO2S/c1-8(2)4(3-11)10-6(12)5(9)7(10)13-8/h3-5,7H,1-2H3/t4-,5-,7+/m0/s1. The van der Waals surface area contributed by atoms with Gasteiger partial charge in [-0.15, -0.1) is 23.4 Å². The van der Waals surface area contributed by atoms with E-state index in [0.29, 0.717) is 0 Å². The summed E-state index contributed by atoms with van der Waals surface area (Å²) in [4.78, 5) is 23.7. The molecule has 3 nitrogen and oxygen atoms in total. The molecular weight excluding hydrogens is 210 g/mol. The summed E-state index contributed by atoms with van der Waals surface area (Å²) in [6.45, 7) is 3.93. The molecular formula is C8H10ClNO2S. The quantitative estimate of drug-likeness (QED) is 0.373. The molecule has 0 aromatic heterocycles. The first-order chi connectivity index (χ1) is 5.99. The summed E-state index contributed by atoms with van der Waals surface area (Å²) in [6, 6.07) is -0.315. The van der Waals surface area contributed by atoms with Crippen molar-refractivity contribution in [1.82, 2.24) is 4.90 Å². The van der Waals surface area contributed by atoms with Crippen LogP contribution in [0.5, 0.6) is 0 Å². The zero-order valence-electron chi connectivity index (χ0n) is 7.36. The van der Waals surface area contributed by atoms with Gasteiger partial charge in [-0.05, 0) is 13.8 Å². The average Bonchev–Trinajstić information content (AvgIpc) is 2.33. The zero-order chi connectivity index (χ0) is 9.80. The van der Waals surface area contributed by atoms with Crippen molar-refractivity contribution in [3.8, 4) is 0 Å². The molecule has 0 aromatic rings. The van der Waals surface area contributed by atoms with E-state index in [-0.39, 0.29) is 22.1 Å². The summed E-state index contributed by atoms with van der Waals surface area (Å²) < 4.78 is -0.203. The molecule has 2 fully saturated rings. The van der Waals surface area contributed by atoms with E-state index >= 15 is 0 Å². The second-order valence-corrected chi connectivity index (χ2v) is 6.08. The van der Waals surface area contributed by atoms with Crippen LogP contribution in [0.4, 0.5) is 0 Å². The lowest BCUT2D eigenvalue weighted by Gasteiger charge is -2.40. The monoisotopic (exact) mass is 219 g/mol. The van der Waals surface area contributed by atoms with Crippen molar-refractivity contribution in [1.29, 1.82) is 0 Å². The van der Waals surface area contributed by atoms with E-state index in [0.717, 1.165) is 6.29 Å². The molecule has 2 saturated heterocycles. The Bertz CT molecular complexity index is 281. The molecule has 0 radical (unpaired) electrons. The van der Waals surface area contributed by atoms with Crippen LogP contribution in [0, 0.1) is 0 Å². The smallest absolute Gasteiger partial charge is 0.245 e. The minimum Gasteiger partial charge on any atom is -0.316 e. The van der Waals surface area contributed by atoms with Crippen LogP contribution in [0.3, 0.4) is 0 Å². The number of amides is 1. The highest BCUT2D eigenvalue weighted by Crippen LogP contribution is 2.51. The lowest BCUT2D eigenvalue weighted by Crippen LogP contribution is -2.62. The van der Waals surface area contributed by atoms with Gasteiger partial charge in [-0.3, -0.25) is 4.79 Å². The fraction of sp³-hybridized carbons (Fsp3) is 0.750. The highest BCUT2D eigenvalue weighted by Gasteiger charge is 2.60. The molecule has 0 N–H and O–H groups in total. The Morgan fingerprint density at radius 3 is 2.77 bits per heavy atom. The van der Waals surface area contributed by atoms with Crippen molar-refractivity contribution in [3.63, 3.8) is 0 Å². The maximum Gasteiger partial charge on any atom is 0.245 e. The number of aldehydes is 1. The van der Waals surface area contributed by atoms with E-state index in [2.05, 4.69) is 0 Å². The van der Waals surface area contributed by atoms with Crippen molar-refractivity contribution >= 4 is 35.6 Å². The normalized spacial score (nSPS) is 41.3. The Morgan fingerprint density at radius 1 is 1.62 bits per heavy atom. The second-order valence-electron chi connectivity index (χ2n) is 3.84. The van der Waals surface area contributed by atoms with Gasteiger partial charge in [0.25, 0.3) is 0 Å². The summed E-state index contributed by atoms with van der Waals surface area (Å²) in [6.07, 6.45) is 0.841. The van der Waals surface area contributed by atoms with Crippen LogP contribution in [-0.2, 0) is 9.59 Å². The van der Waals surface area contributed by atoms with Gasteiger partial charge < -0.3 is 9.69 Å². The van der Waals surface area contributed by atoms with Crippen LogP contribution in [0.25, 0.3) is 0 Å². The van der Waals surface area contributed by atoms with Crippen molar-refractivity contribution in [2.75, 3.05) is 0 Å². The minimum absolute atomic E-state index is 0.000586. The van der Waals surface area contributed by atoms with Crippen LogP contribution < -0.4 is 0 Å².